The van der Waals surface area contributed by atoms with Crippen molar-refractivity contribution in [1.29, 1.82) is 0 Å². The smallest absolute Gasteiger partial charge is 0.147 e. The fourth-order valence-electron chi connectivity index (χ4n) is 2.72. The normalized spacial score (nSPS) is 13.7. The zero-order valence-corrected chi connectivity index (χ0v) is 29.3. The van der Waals surface area contributed by atoms with Crippen LogP contribution >= 0.6 is 127 Å². The van der Waals surface area contributed by atoms with Crippen molar-refractivity contribution in [2.45, 2.75) is 28.9 Å². The molecule has 172 valence electrons. The van der Waals surface area contributed by atoms with Gasteiger partial charge < -0.3 is 9.47 Å². The molecule has 2 atom stereocenters. The molecule has 0 bridgehead atoms. The highest BCUT2D eigenvalue weighted by Gasteiger charge is 2.27. The van der Waals surface area contributed by atoms with Gasteiger partial charge in [0, 0.05) is 16.1 Å². The summed E-state index contributed by atoms with van der Waals surface area (Å²) >= 11 is 28.8. The van der Waals surface area contributed by atoms with Gasteiger partial charge in [-0.05, 0) is 99.1 Å². The van der Waals surface area contributed by atoms with Crippen molar-refractivity contribution in [3.05, 3.63) is 53.3 Å². The number of hydrogen-bond donors (Lipinski definition) is 0. The Balaban J connectivity index is 2.34. The van der Waals surface area contributed by atoms with Crippen molar-refractivity contribution in [1.82, 2.24) is 0 Å². The monoisotopic (exact) mass is 935 g/mol. The molecule has 0 heterocycles. The Morgan fingerprint density at radius 1 is 0.677 bits per heavy atom. The van der Waals surface area contributed by atoms with E-state index in [1.807, 2.05) is 0 Å². The molecule has 0 fully saturated rings. The SMILES string of the molecule is CC(C)(c1cc(Br)c(OC[C@@H](Br)CBr)c(Br)c1)c1cc(Br)c(OC[C@@H](Br)CBr)c(Br)c1. The highest BCUT2D eigenvalue weighted by Crippen LogP contribution is 2.44. The summed E-state index contributed by atoms with van der Waals surface area (Å²) in [6.45, 7) is 5.54. The first kappa shape index (κ1) is 29.1. The number of hydrogen-bond acceptors (Lipinski definition) is 2. The summed E-state index contributed by atoms with van der Waals surface area (Å²) in [4.78, 5) is 0.486. The molecule has 0 radical (unpaired) electrons. The third-order valence-electron chi connectivity index (χ3n) is 4.59. The van der Waals surface area contributed by atoms with Crippen LogP contribution < -0.4 is 9.47 Å². The van der Waals surface area contributed by atoms with Crippen LogP contribution in [0.25, 0.3) is 0 Å². The van der Waals surface area contributed by atoms with E-state index < -0.39 is 0 Å². The van der Waals surface area contributed by atoms with Crippen LogP contribution in [0.4, 0.5) is 0 Å². The highest BCUT2D eigenvalue weighted by atomic mass is 79.9. The van der Waals surface area contributed by atoms with Gasteiger partial charge in [0.1, 0.15) is 24.7 Å². The molecule has 0 aliphatic heterocycles. The minimum Gasteiger partial charge on any atom is -0.490 e. The lowest BCUT2D eigenvalue weighted by Gasteiger charge is -2.28. The molecule has 31 heavy (non-hydrogen) atoms. The zero-order chi connectivity index (χ0) is 23.3. The van der Waals surface area contributed by atoms with Crippen molar-refractivity contribution >= 4 is 127 Å². The number of alkyl halides is 4. The van der Waals surface area contributed by atoms with E-state index in [-0.39, 0.29) is 15.1 Å². The molecule has 0 N–H and O–H groups in total. The highest BCUT2D eigenvalue weighted by molar-refractivity contribution is 9.12. The first-order chi connectivity index (χ1) is 14.5. The Bertz CT molecular complexity index is 785. The third kappa shape index (κ3) is 7.94. The van der Waals surface area contributed by atoms with E-state index in [1.165, 1.54) is 0 Å². The zero-order valence-electron chi connectivity index (χ0n) is 16.6. The van der Waals surface area contributed by atoms with E-state index >= 15 is 0 Å². The fraction of sp³-hybridized carbons (Fsp3) is 0.429. The standard InChI is InChI=1S/C21H20Br8O2/c1-21(2,11-3-15(26)19(16(27)4-11)30-9-13(24)7-22)12-5-17(28)20(18(29)6-12)31-10-14(25)8-23/h3-6,13-14H,7-10H2,1-2H3/t13-,14-/m0/s1. The Morgan fingerprint density at radius 3 is 1.23 bits per heavy atom. The number of halogens is 8. The minimum atomic E-state index is -0.255. The molecule has 0 unspecified atom stereocenters. The van der Waals surface area contributed by atoms with Gasteiger partial charge in [-0.15, -0.1) is 0 Å². The fourth-order valence-corrected chi connectivity index (χ4v) is 6.19. The second-order valence-electron chi connectivity index (χ2n) is 7.29. The molecule has 2 nitrogen and oxygen atoms in total. The molecular weight excluding hydrogens is 923 g/mol. The summed E-state index contributed by atoms with van der Waals surface area (Å²) in [7, 11) is 0. The van der Waals surface area contributed by atoms with E-state index in [2.05, 4.69) is 166 Å². The average molecular weight is 944 g/mol. The van der Waals surface area contributed by atoms with Crippen LogP contribution in [0.15, 0.2) is 42.2 Å². The Morgan fingerprint density at radius 2 is 0.968 bits per heavy atom. The first-order valence-corrected chi connectivity index (χ1v) is 16.4. The predicted octanol–water partition coefficient (Wildman–Crippen LogP) is 10.1. The van der Waals surface area contributed by atoms with Gasteiger partial charge in [0.05, 0.1) is 27.5 Å². The second kappa shape index (κ2) is 13.3. The molecule has 10 heteroatoms. The van der Waals surface area contributed by atoms with Crippen LogP contribution in [-0.4, -0.2) is 33.5 Å². The molecule has 0 saturated carbocycles. The van der Waals surface area contributed by atoms with Crippen molar-refractivity contribution < 1.29 is 9.47 Å². The quantitative estimate of drug-likeness (QED) is 0.221. The summed E-state index contributed by atoms with van der Waals surface area (Å²) in [5.74, 6) is 1.60. The molecule has 0 aliphatic rings. The molecular formula is C21H20Br8O2. The van der Waals surface area contributed by atoms with Gasteiger partial charge in [0.2, 0.25) is 0 Å². The maximum atomic E-state index is 5.99. The molecule has 0 amide bonds. The molecule has 0 aromatic heterocycles. The maximum Gasteiger partial charge on any atom is 0.147 e. The van der Waals surface area contributed by atoms with Crippen molar-refractivity contribution in [2.75, 3.05) is 23.9 Å². The summed E-state index contributed by atoms with van der Waals surface area (Å²) in [6.07, 6.45) is 0. The van der Waals surface area contributed by atoms with E-state index in [4.69, 9.17) is 9.47 Å². The minimum absolute atomic E-state index is 0.243. The predicted molar refractivity (Wildman–Crippen MR) is 160 cm³/mol. The Labute approximate surface area is 251 Å². The summed E-state index contributed by atoms with van der Waals surface area (Å²) < 4.78 is 15.6. The molecule has 2 rings (SSSR count). The Hall–Kier alpha value is 1.88. The molecule has 0 saturated heterocycles. The van der Waals surface area contributed by atoms with Crippen LogP contribution in [0, 0.1) is 0 Å². The van der Waals surface area contributed by atoms with Gasteiger partial charge >= 0.3 is 0 Å². The topological polar surface area (TPSA) is 18.5 Å². The van der Waals surface area contributed by atoms with E-state index in [0.29, 0.717) is 13.2 Å². The van der Waals surface area contributed by atoms with Gasteiger partial charge in [-0.3, -0.25) is 0 Å². The van der Waals surface area contributed by atoms with Crippen molar-refractivity contribution in [2.24, 2.45) is 0 Å². The maximum absolute atomic E-state index is 5.99. The second-order valence-corrected chi connectivity index (χ2v) is 14.6. The first-order valence-electron chi connectivity index (χ1n) is 9.15. The Kier molecular flexibility index (Phi) is 12.5. The lowest BCUT2D eigenvalue weighted by Crippen LogP contribution is -2.20. The van der Waals surface area contributed by atoms with Crippen molar-refractivity contribution in [3.8, 4) is 11.5 Å². The summed E-state index contributed by atoms with van der Waals surface area (Å²) in [6, 6.07) is 8.48. The van der Waals surface area contributed by atoms with Crippen LogP contribution in [0.2, 0.25) is 0 Å². The molecule has 2 aromatic rings. The number of ether oxygens (including phenoxy) is 2. The van der Waals surface area contributed by atoms with E-state index in [1.54, 1.807) is 0 Å². The van der Waals surface area contributed by atoms with Gasteiger partial charge in [0.15, 0.2) is 0 Å². The largest absolute Gasteiger partial charge is 0.490 e. The van der Waals surface area contributed by atoms with Gasteiger partial charge in [-0.2, -0.15) is 0 Å². The van der Waals surface area contributed by atoms with Gasteiger partial charge in [-0.1, -0.05) is 77.6 Å². The molecule has 0 aliphatic carbocycles. The summed E-state index contributed by atoms with van der Waals surface area (Å²) in [5.41, 5.74) is 2.05. The van der Waals surface area contributed by atoms with E-state index in [9.17, 15) is 0 Å². The van der Waals surface area contributed by atoms with Crippen LogP contribution in [0.5, 0.6) is 11.5 Å². The van der Waals surface area contributed by atoms with Crippen LogP contribution in [0.1, 0.15) is 25.0 Å². The molecule has 0 spiro atoms. The van der Waals surface area contributed by atoms with Crippen LogP contribution in [0.3, 0.4) is 0 Å². The number of benzene rings is 2. The van der Waals surface area contributed by atoms with E-state index in [0.717, 1.165) is 51.2 Å². The lowest BCUT2D eigenvalue weighted by molar-refractivity contribution is 0.321. The molecule has 2 aromatic carbocycles. The van der Waals surface area contributed by atoms with Gasteiger partial charge in [0.25, 0.3) is 0 Å². The van der Waals surface area contributed by atoms with Gasteiger partial charge in [-0.25, -0.2) is 0 Å². The number of rotatable bonds is 10. The third-order valence-corrected chi connectivity index (χ3v) is 11.4. The van der Waals surface area contributed by atoms with Crippen LogP contribution in [-0.2, 0) is 5.41 Å². The van der Waals surface area contributed by atoms with Crippen molar-refractivity contribution in [3.63, 3.8) is 0 Å². The lowest BCUT2D eigenvalue weighted by atomic mass is 9.78. The average Bonchev–Trinajstić information content (AvgIpc) is 2.71. The summed E-state index contributed by atoms with van der Waals surface area (Å²) in [5, 5.41) is 1.65.